The molecular weight excluding hydrogens is 430 g/mol. The van der Waals surface area contributed by atoms with Crippen molar-refractivity contribution in [3.8, 4) is 17.1 Å². The summed E-state index contributed by atoms with van der Waals surface area (Å²) >= 11 is 3.30. The Morgan fingerprint density at radius 2 is 1.96 bits per heavy atom. The molecule has 8 nitrogen and oxygen atoms in total. The summed E-state index contributed by atoms with van der Waals surface area (Å²) in [6.07, 6.45) is 1.32. The zero-order chi connectivity index (χ0) is 20.1. The monoisotopic (exact) mass is 443 g/mol. The minimum atomic E-state index is -0.507. The minimum absolute atomic E-state index is 0.138. The van der Waals surface area contributed by atoms with Crippen LogP contribution in [-0.2, 0) is 0 Å². The molecule has 9 heteroatoms. The van der Waals surface area contributed by atoms with Crippen molar-refractivity contribution in [2.45, 2.75) is 0 Å². The molecule has 0 aliphatic rings. The van der Waals surface area contributed by atoms with E-state index in [1.807, 2.05) is 0 Å². The standard InChI is InChI=1S/C19H14BrN3O5/c1-27-14-6-8-16(17(10-14)23(25)26)18-9-7-15(28-18)11-21-22-19(24)12-2-4-13(20)5-3-12/h2-11H,1H3,(H,22,24)/b21-11-. The van der Waals surface area contributed by atoms with Gasteiger partial charge in [-0.15, -0.1) is 0 Å². The number of ether oxygens (including phenoxy) is 1. The maximum Gasteiger partial charge on any atom is 0.284 e. The molecule has 142 valence electrons. The summed E-state index contributed by atoms with van der Waals surface area (Å²) in [5, 5.41) is 15.2. The predicted molar refractivity (Wildman–Crippen MR) is 107 cm³/mol. The molecule has 3 aromatic rings. The van der Waals surface area contributed by atoms with Crippen LogP contribution in [0.2, 0.25) is 0 Å². The van der Waals surface area contributed by atoms with E-state index in [2.05, 4.69) is 26.5 Å². The Morgan fingerprint density at radius 1 is 1.21 bits per heavy atom. The third kappa shape index (κ3) is 4.44. The van der Waals surface area contributed by atoms with Gasteiger partial charge in [0.2, 0.25) is 0 Å². The number of benzene rings is 2. The smallest absolute Gasteiger partial charge is 0.284 e. The van der Waals surface area contributed by atoms with Gasteiger partial charge >= 0.3 is 0 Å². The van der Waals surface area contributed by atoms with Crippen LogP contribution in [0.15, 0.2) is 68.6 Å². The lowest BCUT2D eigenvalue weighted by molar-refractivity contribution is -0.384. The number of furan rings is 1. The van der Waals surface area contributed by atoms with E-state index in [-0.39, 0.29) is 11.6 Å². The van der Waals surface area contributed by atoms with Gasteiger partial charge in [-0.3, -0.25) is 14.9 Å². The highest BCUT2D eigenvalue weighted by Gasteiger charge is 2.19. The van der Waals surface area contributed by atoms with Crippen molar-refractivity contribution < 1.29 is 18.9 Å². The van der Waals surface area contributed by atoms with Gasteiger partial charge in [-0.1, -0.05) is 15.9 Å². The molecule has 0 atom stereocenters. The van der Waals surface area contributed by atoms with Gasteiger partial charge in [0.15, 0.2) is 0 Å². The normalized spacial score (nSPS) is 10.8. The minimum Gasteiger partial charge on any atom is -0.497 e. The Labute approximate surface area is 168 Å². The summed E-state index contributed by atoms with van der Waals surface area (Å²) in [5.41, 5.74) is 3.02. The molecule has 28 heavy (non-hydrogen) atoms. The molecule has 0 bridgehead atoms. The van der Waals surface area contributed by atoms with Gasteiger partial charge in [0.25, 0.3) is 11.6 Å². The molecule has 3 rings (SSSR count). The van der Waals surface area contributed by atoms with E-state index < -0.39 is 4.92 Å². The fourth-order valence-corrected chi connectivity index (χ4v) is 2.65. The SMILES string of the molecule is COc1ccc(-c2ccc(/C=N\NC(=O)c3ccc(Br)cc3)o2)c([N+](=O)[O-])c1. The second kappa shape index (κ2) is 8.49. The summed E-state index contributed by atoms with van der Waals surface area (Å²) < 4.78 is 11.5. The predicted octanol–water partition coefficient (Wildman–Crippen LogP) is 4.39. The van der Waals surface area contributed by atoms with Crippen LogP contribution >= 0.6 is 15.9 Å². The van der Waals surface area contributed by atoms with Crippen LogP contribution in [0.25, 0.3) is 11.3 Å². The van der Waals surface area contributed by atoms with Gasteiger partial charge in [0.05, 0.1) is 29.9 Å². The van der Waals surface area contributed by atoms with E-state index in [1.165, 1.54) is 19.4 Å². The van der Waals surface area contributed by atoms with E-state index in [4.69, 9.17) is 9.15 Å². The number of carbonyl (C=O) groups is 1. The van der Waals surface area contributed by atoms with Crippen molar-refractivity contribution in [1.82, 2.24) is 5.43 Å². The number of halogens is 1. The Hall–Kier alpha value is -3.46. The Balaban J connectivity index is 1.74. The molecule has 0 saturated carbocycles. The van der Waals surface area contributed by atoms with Crippen molar-refractivity contribution >= 4 is 33.7 Å². The number of hydrazone groups is 1. The maximum absolute atomic E-state index is 12.0. The second-order valence-electron chi connectivity index (χ2n) is 5.55. The molecule has 1 aromatic heterocycles. The van der Waals surface area contributed by atoms with Gasteiger partial charge in [0.1, 0.15) is 17.3 Å². The van der Waals surface area contributed by atoms with Crippen LogP contribution < -0.4 is 10.2 Å². The van der Waals surface area contributed by atoms with Crippen LogP contribution in [0.1, 0.15) is 16.1 Å². The number of nitrogens with one attached hydrogen (secondary N) is 1. The number of nitrogens with zero attached hydrogens (tertiary/aromatic N) is 2. The first-order valence-electron chi connectivity index (χ1n) is 7.99. The first kappa shape index (κ1) is 19.3. The molecule has 0 spiro atoms. The molecule has 0 fully saturated rings. The van der Waals surface area contributed by atoms with Crippen LogP contribution in [0.3, 0.4) is 0 Å². The zero-order valence-electron chi connectivity index (χ0n) is 14.6. The molecule has 2 aromatic carbocycles. The van der Waals surface area contributed by atoms with E-state index in [9.17, 15) is 14.9 Å². The third-order valence-electron chi connectivity index (χ3n) is 3.76. The molecule has 0 unspecified atom stereocenters. The van der Waals surface area contributed by atoms with E-state index in [1.54, 1.807) is 48.5 Å². The van der Waals surface area contributed by atoms with Crippen molar-refractivity contribution in [2.75, 3.05) is 7.11 Å². The van der Waals surface area contributed by atoms with Crippen LogP contribution in [0.4, 0.5) is 5.69 Å². The summed E-state index contributed by atoms with van der Waals surface area (Å²) in [6.45, 7) is 0. The quantitative estimate of drug-likeness (QED) is 0.345. The summed E-state index contributed by atoms with van der Waals surface area (Å²) in [5.74, 6) is 0.632. The number of hydrogen-bond acceptors (Lipinski definition) is 6. The Kier molecular flexibility index (Phi) is 5.85. The van der Waals surface area contributed by atoms with Crippen molar-refractivity contribution in [2.24, 2.45) is 5.10 Å². The molecule has 0 aliphatic heterocycles. The lowest BCUT2D eigenvalue weighted by Gasteiger charge is -2.03. The summed E-state index contributed by atoms with van der Waals surface area (Å²) in [4.78, 5) is 22.8. The van der Waals surface area contributed by atoms with Gasteiger partial charge in [-0.2, -0.15) is 5.10 Å². The highest BCUT2D eigenvalue weighted by atomic mass is 79.9. The topological polar surface area (TPSA) is 107 Å². The second-order valence-corrected chi connectivity index (χ2v) is 6.46. The lowest BCUT2D eigenvalue weighted by atomic mass is 10.1. The number of nitro benzene ring substituents is 1. The average molecular weight is 444 g/mol. The first-order chi connectivity index (χ1) is 13.5. The van der Waals surface area contributed by atoms with Gasteiger partial charge in [0, 0.05) is 10.0 Å². The number of rotatable bonds is 6. The molecule has 1 amide bonds. The Bertz CT molecular complexity index is 1040. The van der Waals surface area contributed by atoms with Gasteiger partial charge in [-0.25, -0.2) is 5.43 Å². The fourth-order valence-electron chi connectivity index (χ4n) is 2.39. The average Bonchev–Trinajstić information content (AvgIpc) is 3.16. The van der Waals surface area contributed by atoms with Gasteiger partial charge in [-0.05, 0) is 48.5 Å². The maximum atomic E-state index is 12.0. The van der Waals surface area contributed by atoms with Crippen LogP contribution in [0.5, 0.6) is 5.75 Å². The molecule has 1 N–H and O–H groups in total. The van der Waals surface area contributed by atoms with Crippen molar-refractivity contribution in [3.05, 3.63) is 80.5 Å². The molecular formula is C19H14BrN3O5. The summed E-state index contributed by atoms with van der Waals surface area (Å²) in [7, 11) is 1.43. The lowest BCUT2D eigenvalue weighted by Crippen LogP contribution is -2.17. The van der Waals surface area contributed by atoms with E-state index in [0.717, 1.165) is 4.47 Å². The highest BCUT2D eigenvalue weighted by molar-refractivity contribution is 9.10. The van der Waals surface area contributed by atoms with Crippen LogP contribution in [0, 0.1) is 10.1 Å². The number of methoxy groups -OCH3 is 1. The largest absolute Gasteiger partial charge is 0.497 e. The van der Waals surface area contributed by atoms with Crippen LogP contribution in [-0.4, -0.2) is 24.2 Å². The summed E-state index contributed by atoms with van der Waals surface area (Å²) in [6, 6.07) is 14.5. The number of carbonyl (C=O) groups excluding carboxylic acids is 1. The number of nitro groups is 1. The Morgan fingerprint density at radius 3 is 2.64 bits per heavy atom. The van der Waals surface area contributed by atoms with Gasteiger partial charge < -0.3 is 9.15 Å². The molecule has 0 aliphatic carbocycles. The number of hydrogen-bond donors (Lipinski definition) is 1. The first-order valence-corrected chi connectivity index (χ1v) is 8.79. The zero-order valence-corrected chi connectivity index (χ0v) is 16.2. The van der Waals surface area contributed by atoms with E-state index in [0.29, 0.717) is 28.4 Å². The molecule has 1 heterocycles. The highest BCUT2D eigenvalue weighted by Crippen LogP contribution is 2.33. The third-order valence-corrected chi connectivity index (χ3v) is 4.29. The van der Waals surface area contributed by atoms with Crippen molar-refractivity contribution in [3.63, 3.8) is 0 Å². The van der Waals surface area contributed by atoms with E-state index >= 15 is 0 Å². The fraction of sp³-hybridized carbons (Fsp3) is 0.0526. The molecule has 0 saturated heterocycles. The number of amides is 1. The van der Waals surface area contributed by atoms with Crippen molar-refractivity contribution in [1.29, 1.82) is 0 Å². The molecule has 0 radical (unpaired) electrons.